The van der Waals surface area contributed by atoms with E-state index in [0.717, 1.165) is 34.0 Å². The highest BCUT2D eigenvalue weighted by atomic mass is 32.1. The van der Waals surface area contributed by atoms with Crippen LogP contribution in [0.1, 0.15) is 50.7 Å². The fourth-order valence-corrected chi connectivity index (χ4v) is 5.45. The zero-order valence-corrected chi connectivity index (χ0v) is 21.8. The molecule has 1 saturated heterocycles. The maximum absolute atomic E-state index is 14.2. The molecule has 1 N–H and O–H groups in total. The Morgan fingerprint density at radius 1 is 1.03 bits per heavy atom. The molecule has 4 aromatic rings. The lowest BCUT2D eigenvalue weighted by Crippen LogP contribution is -2.29. The van der Waals surface area contributed by atoms with Gasteiger partial charge in [-0.2, -0.15) is 0 Å². The van der Waals surface area contributed by atoms with E-state index in [1.54, 1.807) is 25.3 Å². The maximum Gasteiger partial charge on any atom is 0.337 e. The van der Waals surface area contributed by atoms with Gasteiger partial charge < -0.3 is 19.5 Å². The number of methoxy groups -OCH3 is 1. The van der Waals surface area contributed by atoms with Crippen molar-refractivity contribution in [3.05, 3.63) is 113 Å². The highest BCUT2D eigenvalue weighted by Gasteiger charge is 2.42. The Morgan fingerprint density at radius 2 is 1.84 bits per heavy atom. The number of carbonyl (C=O) groups is 1. The lowest BCUT2D eigenvalue weighted by atomic mass is 9.96. The molecule has 2 atom stereocenters. The highest BCUT2D eigenvalue weighted by molar-refractivity contribution is 7.80. The average molecular weight is 515 g/mol. The van der Waals surface area contributed by atoms with Crippen LogP contribution in [0.25, 0.3) is 5.69 Å². The summed E-state index contributed by atoms with van der Waals surface area (Å²) < 4.78 is 21.2. The van der Waals surface area contributed by atoms with Crippen molar-refractivity contribution in [2.75, 3.05) is 12.0 Å². The minimum Gasteiger partial charge on any atom is -0.465 e. The monoisotopic (exact) mass is 514 g/mol. The summed E-state index contributed by atoms with van der Waals surface area (Å²) in [5.74, 6) is -0.647. The van der Waals surface area contributed by atoms with Gasteiger partial charge in [-0.3, -0.25) is 4.98 Å². The van der Waals surface area contributed by atoms with Gasteiger partial charge in [-0.15, -0.1) is 0 Å². The molecule has 5 rings (SSSR count). The number of nitrogens with one attached hydrogen (secondary N) is 1. The molecular weight excluding hydrogens is 487 g/mol. The molecule has 0 aliphatic carbocycles. The number of hydrogen-bond acceptors (Lipinski definition) is 4. The van der Waals surface area contributed by atoms with Gasteiger partial charge in [-0.25, -0.2) is 9.18 Å². The van der Waals surface area contributed by atoms with E-state index >= 15 is 0 Å². The van der Waals surface area contributed by atoms with Crippen LogP contribution in [0.5, 0.6) is 0 Å². The number of benzene rings is 2. The van der Waals surface area contributed by atoms with Gasteiger partial charge in [0.15, 0.2) is 5.11 Å². The first-order valence-electron chi connectivity index (χ1n) is 11.9. The van der Waals surface area contributed by atoms with Gasteiger partial charge in [0.2, 0.25) is 0 Å². The molecule has 188 valence electrons. The van der Waals surface area contributed by atoms with Crippen molar-refractivity contribution in [2.45, 2.75) is 32.9 Å². The first kappa shape index (κ1) is 24.6. The van der Waals surface area contributed by atoms with Gasteiger partial charge in [-0.05, 0) is 98.7 Å². The minimum atomic E-state index is -0.386. The molecule has 1 aliphatic rings. The van der Waals surface area contributed by atoms with Crippen molar-refractivity contribution in [3.8, 4) is 5.69 Å². The number of rotatable bonds is 5. The van der Waals surface area contributed by atoms with Crippen LogP contribution in [-0.2, 0) is 4.74 Å². The fourth-order valence-electron chi connectivity index (χ4n) is 5.10. The van der Waals surface area contributed by atoms with Gasteiger partial charge in [0.25, 0.3) is 0 Å². The Labute approximate surface area is 220 Å². The van der Waals surface area contributed by atoms with Crippen LogP contribution >= 0.6 is 12.2 Å². The molecule has 0 amide bonds. The third kappa shape index (κ3) is 4.38. The number of hydrogen-bond donors (Lipinski definition) is 1. The van der Waals surface area contributed by atoms with Crippen LogP contribution in [0.15, 0.2) is 72.9 Å². The topological polar surface area (TPSA) is 59.4 Å². The number of aryl methyl sites for hydroxylation is 2. The Morgan fingerprint density at radius 3 is 2.54 bits per heavy atom. The first-order chi connectivity index (χ1) is 17.8. The van der Waals surface area contributed by atoms with E-state index < -0.39 is 0 Å². The fraction of sp³-hybridized carbons (Fsp3) is 0.207. The smallest absolute Gasteiger partial charge is 0.337 e. The molecule has 6 nitrogen and oxygen atoms in total. The van der Waals surface area contributed by atoms with Crippen molar-refractivity contribution in [2.24, 2.45) is 0 Å². The first-order valence-corrected chi connectivity index (χ1v) is 12.4. The van der Waals surface area contributed by atoms with Crippen LogP contribution in [0.4, 0.5) is 10.1 Å². The van der Waals surface area contributed by atoms with Crippen molar-refractivity contribution in [1.29, 1.82) is 0 Å². The number of nitrogens with zero attached hydrogens (tertiary/aromatic N) is 3. The minimum absolute atomic E-state index is 0.227. The number of thiocarbonyl (C=S) groups is 1. The third-order valence-corrected chi connectivity index (χ3v) is 7.15. The lowest BCUT2D eigenvalue weighted by Gasteiger charge is -2.28. The molecule has 0 spiro atoms. The van der Waals surface area contributed by atoms with Gasteiger partial charge >= 0.3 is 5.97 Å². The molecule has 37 heavy (non-hydrogen) atoms. The van der Waals surface area contributed by atoms with Crippen LogP contribution in [-0.4, -0.2) is 27.7 Å². The normalized spacial score (nSPS) is 17.1. The van der Waals surface area contributed by atoms with E-state index in [1.165, 1.54) is 13.2 Å². The summed E-state index contributed by atoms with van der Waals surface area (Å²) in [6.45, 7) is 5.83. The molecule has 2 aromatic carbocycles. The van der Waals surface area contributed by atoms with E-state index in [9.17, 15) is 9.18 Å². The highest BCUT2D eigenvalue weighted by Crippen LogP contribution is 2.44. The zero-order valence-electron chi connectivity index (χ0n) is 21.0. The summed E-state index contributed by atoms with van der Waals surface area (Å²) in [5.41, 5.74) is 6.59. The van der Waals surface area contributed by atoms with Gasteiger partial charge in [0, 0.05) is 29.0 Å². The number of anilines is 1. The molecule has 0 unspecified atom stereocenters. The van der Waals surface area contributed by atoms with Gasteiger partial charge in [-0.1, -0.05) is 12.1 Å². The number of halogens is 1. The Hall–Kier alpha value is -4.04. The largest absolute Gasteiger partial charge is 0.465 e. The molecule has 8 heteroatoms. The van der Waals surface area contributed by atoms with E-state index in [0.29, 0.717) is 16.2 Å². The number of carbonyl (C=O) groups excluding carboxylic acids is 1. The summed E-state index contributed by atoms with van der Waals surface area (Å²) in [7, 11) is 1.37. The van der Waals surface area contributed by atoms with Crippen LogP contribution in [0, 0.1) is 26.6 Å². The molecule has 2 aromatic heterocycles. The molecule has 1 aliphatic heterocycles. The molecule has 0 saturated carbocycles. The summed E-state index contributed by atoms with van der Waals surface area (Å²) in [6.07, 6.45) is 1.77. The maximum atomic E-state index is 14.2. The standard InChI is InChI=1S/C29H27FN4O2S/c1-17-14-22(11-12-24(17)30)34-27(26(32-29(34)37)25-10-5-6-13-31-25)23-15-18(2)33(19(23)3)21-9-7-8-20(16-21)28(35)36-4/h5-16,26-27H,1-4H3,(H,32,37)/t26-,27-/m0/s1. The predicted molar refractivity (Wildman–Crippen MR) is 146 cm³/mol. The Kier molecular flexibility index (Phi) is 6.52. The number of pyridine rings is 1. The molecular formula is C29H27FN4O2S. The second-order valence-corrected chi connectivity index (χ2v) is 9.52. The number of aromatic nitrogens is 2. The lowest BCUT2D eigenvalue weighted by molar-refractivity contribution is 0.0600. The number of esters is 1. The average Bonchev–Trinajstić information content (AvgIpc) is 3.40. The van der Waals surface area contributed by atoms with Crippen LogP contribution in [0.2, 0.25) is 0 Å². The SMILES string of the molecule is COC(=O)c1cccc(-n2c(C)cc([C@H]3[C@H](c4ccccn4)NC(=S)N3c3ccc(F)c(C)c3)c2C)c1. The quantitative estimate of drug-likeness (QED) is 0.264. The second kappa shape index (κ2) is 9.78. The summed E-state index contributed by atoms with van der Waals surface area (Å²) in [4.78, 5) is 18.8. The molecule has 1 fully saturated rings. The molecule has 3 heterocycles. The summed E-state index contributed by atoms with van der Waals surface area (Å²) in [5, 5.41) is 4.00. The number of ether oxygens (including phenoxy) is 1. The zero-order chi connectivity index (χ0) is 26.3. The van der Waals surface area contributed by atoms with Crippen molar-refractivity contribution < 1.29 is 13.9 Å². The molecule has 0 radical (unpaired) electrons. The van der Waals surface area contributed by atoms with Gasteiger partial charge in [0.1, 0.15) is 5.82 Å². The second-order valence-electron chi connectivity index (χ2n) is 9.13. The van der Waals surface area contributed by atoms with Crippen molar-refractivity contribution in [3.63, 3.8) is 0 Å². The van der Waals surface area contributed by atoms with E-state index in [2.05, 4.69) is 27.9 Å². The molecule has 0 bridgehead atoms. The Bertz CT molecular complexity index is 1500. The summed E-state index contributed by atoms with van der Waals surface area (Å²) >= 11 is 5.82. The predicted octanol–water partition coefficient (Wildman–Crippen LogP) is 5.90. The third-order valence-electron chi connectivity index (χ3n) is 6.83. The van der Waals surface area contributed by atoms with Crippen molar-refractivity contribution >= 4 is 29.0 Å². The van der Waals surface area contributed by atoms with E-state index in [-0.39, 0.29) is 23.9 Å². The van der Waals surface area contributed by atoms with Crippen LogP contribution in [0.3, 0.4) is 0 Å². The van der Waals surface area contributed by atoms with Crippen LogP contribution < -0.4 is 10.2 Å². The summed E-state index contributed by atoms with van der Waals surface area (Å²) in [6, 6.07) is 19.9. The van der Waals surface area contributed by atoms with Crippen molar-refractivity contribution in [1.82, 2.24) is 14.9 Å². The Balaban J connectivity index is 1.67. The van der Waals surface area contributed by atoms with E-state index in [1.807, 2.05) is 54.3 Å². The van der Waals surface area contributed by atoms with Gasteiger partial charge in [0.05, 0.1) is 30.5 Å². The van der Waals surface area contributed by atoms with E-state index in [4.69, 9.17) is 17.0 Å².